The highest BCUT2D eigenvalue weighted by Gasteiger charge is 2.14. The van der Waals surface area contributed by atoms with E-state index >= 15 is 0 Å². The SMILES string of the molecule is O=C(OCCOCCOCCOCCOC(=O)c1ccccc1-c1ccccc1)c1ccccc1-c1ccccc1. The molecule has 0 spiro atoms. The molecule has 0 amide bonds. The number of carbonyl (C=O) groups is 2. The zero-order chi connectivity index (χ0) is 28.5. The first-order chi connectivity index (χ1) is 20.2. The van der Waals surface area contributed by atoms with Gasteiger partial charge in [-0.15, -0.1) is 0 Å². The van der Waals surface area contributed by atoms with Gasteiger partial charge in [-0.25, -0.2) is 9.59 Å². The molecule has 0 fully saturated rings. The Hall–Kier alpha value is -4.30. The summed E-state index contributed by atoms with van der Waals surface area (Å²) in [5.41, 5.74) is 4.64. The minimum atomic E-state index is -0.382. The summed E-state index contributed by atoms with van der Waals surface area (Å²) in [6.45, 7) is 2.38. The van der Waals surface area contributed by atoms with E-state index in [2.05, 4.69) is 0 Å². The number of ether oxygens (including phenoxy) is 5. The summed E-state index contributed by atoms with van der Waals surface area (Å²) < 4.78 is 27.2. The van der Waals surface area contributed by atoms with E-state index in [1.807, 2.05) is 97.1 Å². The molecule has 4 aromatic carbocycles. The molecule has 0 radical (unpaired) electrons. The summed E-state index contributed by atoms with van der Waals surface area (Å²) in [6, 6.07) is 34.2. The van der Waals surface area contributed by atoms with Gasteiger partial charge < -0.3 is 23.7 Å². The number of hydrogen-bond acceptors (Lipinski definition) is 7. The van der Waals surface area contributed by atoms with Gasteiger partial charge in [0.25, 0.3) is 0 Å². The van der Waals surface area contributed by atoms with Crippen LogP contribution >= 0.6 is 0 Å². The van der Waals surface area contributed by atoms with Crippen LogP contribution < -0.4 is 0 Å². The number of carbonyl (C=O) groups excluding carboxylic acids is 2. The quantitative estimate of drug-likeness (QED) is 0.123. The Kier molecular flexibility index (Phi) is 12.1. The van der Waals surface area contributed by atoms with Crippen LogP contribution in [0.1, 0.15) is 20.7 Å². The van der Waals surface area contributed by atoms with Gasteiger partial charge in [0.05, 0.1) is 50.8 Å². The Morgan fingerprint density at radius 3 is 1.10 bits per heavy atom. The number of esters is 2. The minimum absolute atomic E-state index is 0.152. The summed E-state index contributed by atoms with van der Waals surface area (Å²) in [5, 5.41) is 0. The van der Waals surface area contributed by atoms with Crippen LogP contribution in [-0.2, 0) is 23.7 Å². The van der Waals surface area contributed by atoms with E-state index in [0.29, 0.717) is 37.6 Å². The lowest BCUT2D eigenvalue weighted by Crippen LogP contribution is -2.15. The van der Waals surface area contributed by atoms with Gasteiger partial charge in [-0.3, -0.25) is 0 Å². The molecule has 0 saturated carbocycles. The monoisotopic (exact) mass is 554 g/mol. The van der Waals surface area contributed by atoms with Crippen molar-refractivity contribution in [2.24, 2.45) is 0 Å². The summed E-state index contributed by atoms with van der Waals surface area (Å²) >= 11 is 0. The van der Waals surface area contributed by atoms with Crippen molar-refractivity contribution in [2.75, 3.05) is 52.9 Å². The van der Waals surface area contributed by atoms with Crippen molar-refractivity contribution in [1.29, 1.82) is 0 Å². The van der Waals surface area contributed by atoms with Crippen molar-refractivity contribution in [3.05, 3.63) is 120 Å². The van der Waals surface area contributed by atoms with Crippen LogP contribution in [0, 0.1) is 0 Å². The second-order valence-corrected chi connectivity index (χ2v) is 8.93. The molecule has 0 unspecified atom stereocenters. The number of benzene rings is 4. The highest BCUT2D eigenvalue weighted by atomic mass is 16.6. The van der Waals surface area contributed by atoms with Crippen LogP contribution in [0.5, 0.6) is 0 Å². The highest BCUT2D eigenvalue weighted by Crippen LogP contribution is 2.25. The predicted molar refractivity (Wildman–Crippen MR) is 157 cm³/mol. The molecule has 0 atom stereocenters. The first-order valence-electron chi connectivity index (χ1n) is 13.6. The summed E-state index contributed by atoms with van der Waals surface area (Å²) in [5.74, 6) is -0.764. The van der Waals surface area contributed by atoms with Crippen molar-refractivity contribution in [3.63, 3.8) is 0 Å². The normalized spacial score (nSPS) is 10.7. The van der Waals surface area contributed by atoms with Gasteiger partial charge in [0, 0.05) is 0 Å². The third-order valence-corrected chi connectivity index (χ3v) is 6.13. The van der Waals surface area contributed by atoms with Crippen molar-refractivity contribution in [2.45, 2.75) is 0 Å². The maximum Gasteiger partial charge on any atom is 0.338 e. The molecule has 0 aliphatic carbocycles. The standard InChI is InChI=1S/C34H34O7/c35-33(31-17-9-7-15-29(31)27-11-3-1-4-12-27)40-25-23-38-21-19-37-20-22-39-24-26-41-34(36)32-18-10-8-16-30(32)28-13-5-2-6-14-28/h1-18H,19-26H2. The van der Waals surface area contributed by atoms with Gasteiger partial charge in [-0.1, -0.05) is 97.1 Å². The smallest absolute Gasteiger partial charge is 0.338 e. The maximum atomic E-state index is 12.6. The van der Waals surface area contributed by atoms with Crippen LogP contribution in [0.15, 0.2) is 109 Å². The lowest BCUT2D eigenvalue weighted by atomic mass is 10.00. The topological polar surface area (TPSA) is 80.3 Å². The predicted octanol–water partition coefficient (Wildman–Crippen LogP) is 6.08. The second kappa shape index (κ2) is 16.7. The summed E-state index contributed by atoms with van der Waals surface area (Å²) in [6.07, 6.45) is 0. The third kappa shape index (κ3) is 9.39. The Balaban J connectivity index is 1.02. The van der Waals surface area contributed by atoms with Crippen LogP contribution in [0.3, 0.4) is 0 Å². The molecule has 0 aliphatic heterocycles. The molecule has 0 N–H and O–H groups in total. The molecule has 212 valence electrons. The fourth-order valence-corrected chi connectivity index (χ4v) is 4.15. The van der Waals surface area contributed by atoms with Gasteiger partial charge in [-0.2, -0.15) is 0 Å². The molecular formula is C34H34O7. The van der Waals surface area contributed by atoms with E-state index in [1.165, 1.54) is 0 Å². The first-order valence-corrected chi connectivity index (χ1v) is 13.6. The zero-order valence-electron chi connectivity index (χ0n) is 22.9. The Labute approximate surface area is 240 Å². The second-order valence-electron chi connectivity index (χ2n) is 8.93. The molecule has 0 bridgehead atoms. The zero-order valence-corrected chi connectivity index (χ0v) is 22.9. The molecule has 0 aromatic heterocycles. The number of rotatable bonds is 16. The largest absolute Gasteiger partial charge is 0.460 e. The fraction of sp³-hybridized carbons (Fsp3) is 0.235. The molecule has 4 aromatic rings. The van der Waals surface area contributed by atoms with E-state index in [0.717, 1.165) is 22.3 Å². The molecule has 0 aliphatic rings. The Morgan fingerprint density at radius 2 is 0.707 bits per heavy atom. The summed E-state index contributed by atoms with van der Waals surface area (Å²) in [4.78, 5) is 25.1. The molecule has 7 nitrogen and oxygen atoms in total. The van der Waals surface area contributed by atoms with Crippen molar-refractivity contribution in [3.8, 4) is 22.3 Å². The molecule has 7 heteroatoms. The molecule has 0 saturated heterocycles. The summed E-state index contributed by atoms with van der Waals surface area (Å²) in [7, 11) is 0. The van der Waals surface area contributed by atoms with Gasteiger partial charge in [-0.05, 0) is 34.4 Å². The first kappa shape index (κ1) is 29.7. The van der Waals surface area contributed by atoms with Gasteiger partial charge in [0.2, 0.25) is 0 Å². The highest BCUT2D eigenvalue weighted by molar-refractivity contribution is 5.98. The van der Waals surface area contributed by atoms with Crippen LogP contribution in [0.2, 0.25) is 0 Å². The van der Waals surface area contributed by atoms with Crippen LogP contribution in [-0.4, -0.2) is 64.8 Å². The van der Waals surface area contributed by atoms with E-state index in [4.69, 9.17) is 23.7 Å². The van der Waals surface area contributed by atoms with Crippen LogP contribution in [0.25, 0.3) is 22.3 Å². The molecule has 41 heavy (non-hydrogen) atoms. The fourth-order valence-electron chi connectivity index (χ4n) is 4.15. The van der Waals surface area contributed by atoms with E-state index in [1.54, 1.807) is 12.1 Å². The Morgan fingerprint density at radius 1 is 0.390 bits per heavy atom. The van der Waals surface area contributed by atoms with Gasteiger partial charge in [0.1, 0.15) is 13.2 Å². The maximum absolute atomic E-state index is 12.6. The molecular weight excluding hydrogens is 520 g/mol. The van der Waals surface area contributed by atoms with E-state index in [-0.39, 0.29) is 38.4 Å². The average molecular weight is 555 g/mol. The minimum Gasteiger partial charge on any atom is -0.460 e. The van der Waals surface area contributed by atoms with Crippen molar-refractivity contribution >= 4 is 11.9 Å². The van der Waals surface area contributed by atoms with Crippen LogP contribution in [0.4, 0.5) is 0 Å². The lowest BCUT2D eigenvalue weighted by molar-refractivity contribution is -0.00672. The lowest BCUT2D eigenvalue weighted by Gasteiger charge is -2.11. The van der Waals surface area contributed by atoms with Gasteiger partial charge in [0.15, 0.2) is 0 Å². The Bertz CT molecular complexity index is 1250. The van der Waals surface area contributed by atoms with Gasteiger partial charge >= 0.3 is 11.9 Å². The molecule has 4 rings (SSSR count). The average Bonchev–Trinajstić information content (AvgIpc) is 3.04. The van der Waals surface area contributed by atoms with Crippen molar-refractivity contribution < 1.29 is 33.3 Å². The van der Waals surface area contributed by atoms with E-state index < -0.39 is 0 Å². The number of hydrogen-bond donors (Lipinski definition) is 0. The third-order valence-electron chi connectivity index (χ3n) is 6.13. The molecule has 0 heterocycles. The van der Waals surface area contributed by atoms with E-state index in [9.17, 15) is 9.59 Å². The van der Waals surface area contributed by atoms with Crippen molar-refractivity contribution in [1.82, 2.24) is 0 Å².